The first-order valence-electron chi connectivity index (χ1n) is 5.40. The van der Waals surface area contributed by atoms with Gasteiger partial charge in [-0.1, -0.05) is 22.0 Å². The smallest absolute Gasteiger partial charge is 0.224 e. The van der Waals surface area contributed by atoms with Gasteiger partial charge in [0.15, 0.2) is 11.6 Å². The molecule has 2 nitrogen and oxygen atoms in total. The monoisotopic (exact) mass is 305 g/mol. The van der Waals surface area contributed by atoms with Gasteiger partial charge in [0.05, 0.1) is 6.42 Å². The summed E-state index contributed by atoms with van der Waals surface area (Å²) in [5.41, 5.74) is 0.474. The molecule has 0 heterocycles. The van der Waals surface area contributed by atoms with Crippen LogP contribution in [0.5, 0.6) is 0 Å². The summed E-state index contributed by atoms with van der Waals surface area (Å²) in [6, 6.07) is 3.49. The van der Waals surface area contributed by atoms with Crippen molar-refractivity contribution < 1.29 is 13.6 Å². The Morgan fingerprint density at radius 2 is 2.00 bits per heavy atom. The van der Waals surface area contributed by atoms with E-state index in [9.17, 15) is 13.6 Å². The van der Waals surface area contributed by atoms with Crippen LogP contribution in [0.25, 0.3) is 0 Å². The Kier molecular flexibility index (Phi) is 6.11. The average Bonchev–Trinajstić information content (AvgIpc) is 2.30. The number of alkyl halides is 1. The van der Waals surface area contributed by atoms with Crippen molar-refractivity contribution in [2.75, 3.05) is 11.9 Å². The van der Waals surface area contributed by atoms with E-state index in [-0.39, 0.29) is 12.3 Å². The van der Waals surface area contributed by atoms with Gasteiger partial charge < -0.3 is 5.32 Å². The second kappa shape index (κ2) is 7.37. The van der Waals surface area contributed by atoms with E-state index in [1.165, 1.54) is 6.07 Å². The van der Waals surface area contributed by atoms with Gasteiger partial charge in [-0.3, -0.25) is 4.79 Å². The van der Waals surface area contributed by atoms with Gasteiger partial charge in [-0.05, 0) is 30.5 Å². The number of hydrogen-bond acceptors (Lipinski definition) is 1. The Morgan fingerprint density at radius 3 is 2.65 bits per heavy atom. The predicted octanol–water partition coefficient (Wildman–Crippen LogP) is 2.80. The van der Waals surface area contributed by atoms with Crippen LogP contribution in [0.3, 0.4) is 0 Å². The van der Waals surface area contributed by atoms with Crippen LogP contribution in [-0.4, -0.2) is 17.8 Å². The number of nitrogens with one attached hydrogen (secondary N) is 1. The molecule has 1 aromatic carbocycles. The van der Waals surface area contributed by atoms with Crippen LogP contribution in [0.15, 0.2) is 18.2 Å². The highest BCUT2D eigenvalue weighted by atomic mass is 79.9. The Balaban J connectivity index is 2.37. The number of hydrogen-bond donors (Lipinski definition) is 1. The quantitative estimate of drug-likeness (QED) is 0.635. The minimum atomic E-state index is -0.922. The summed E-state index contributed by atoms with van der Waals surface area (Å²) in [5, 5.41) is 3.63. The number of carbonyl (C=O) groups is 1. The van der Waals surface area contributed by atoms with Gasteiger partial charge in [0.2, 0.25) is 5.91 Å². The van der Waals surface area contributed by atoms with Crippen LogP contribution >= 0.6 is 15.9 Å². The van der Waals surface area contributed by atoms with Gasteiger partial charge in [0.1, 0.15) is 0 Å². The standard InChI is InChI=1S/C12H14BrF2NO/c13-5-1-2-6-16-12(17)8-9-3-4-10(14)11(15)7-9/h3-4,7H,1-2,5-6,8H2,(H,16,17). The Morgan fingerprint density at radius 1 is 1.24 bits per heavy atom. The summed E-state index contributed by atoms with van der Waals surface area (Å²) in [5.74, 6) is -1.99. The first-order valence-corrected chi connectivity index (χ1v) is 6.52. The highest BCUT2D eigenvalue weighted by molar-refractivity contribution is 9.09. The highest BCUT2D eigenvalue weighted by Crippen LogP contribution is 2.09. The number of unbranched alkanes of at least 4 members (excludes halogenated alkanes) is 1. The molecule has 0 atom stereocenters. The summed E-state index contributed by atoms with van der Waals surface area (Å²) >= 11 is 3.30. The molecule has 0 aliphatic rings. The lowest BCUT2D eigenvalue weighted by atomic mass is 10.1. The van der Waals surface area contributed by atoms with Crippen LogP contribution in [0.2, 0.25) is 0 Å². The van der Waals surface area contributed by atoms with E-state index < -0.39 is 11.6 Å². The van der Waals surface area contributed by atoms with E-state index >= 15 is 0 Å². The van der Waals surface area contributed by atoms with E-state index in [0.717, 1.165) is 30.3 Å². The van der Waals surface area contributed by atoms with E-state index in [1.807, 2.05) is 0 Å². The second-order valence-corrected chi connectivity index (χ2v) is 4.46. The fraction of sp³-hybridized carbons (Fsp3) is 0.417. The van der Waals surface area contributed by atoms with Crippen molar-refractivity contribution in [3.8, 4) is 0 Å². The average molecular weight is 306 g/mol. The van der Waals surface area contributed by atoms with E-state index in [0.29, 0.717) is 12.1 Å². The SMILES string of the molecule is O=C(Cc1ccc(F)c(F)c1)NCCCCBr. The summed E-state index contributed by atoms with van der Waals surface area (Å²) in [4.78, 5) is 11.4. The van der Waals surface area contributed by atoms with Crippen molar-refractivity contribution in [3.05, 3.63) is 35.4 Å². The maximum Gasteiger partial charge on any atom is 0.224 e. The summed E-state index contributed by atoms with van der Waals surface area (Å²) in [7, 11) is 0. The van der Waals surface area contributed by atoms with Gasteiger partial charge in [-0.15, -0.1) is 0 Å². The Bertz CT molecular complexity index is 385. The maximum atomic E-state index is 12.9. The number of amides is 1. The molecule has 1 N–H and O–H groups in total. The van der Waals surface area contributed by atoms with Gasteiger partial charge in [-0.2, -0.15) is 0 Å². The topological polar surface area (TPSA) is 29.1 Å². The lowest BCUT2D eigenvalue weighted by Crippen LogP contribution is -2.26. The molecule has 0 aliphatic carbocycles. The fourth-order valence-electron chi connectivity index (χ4n) is 1.34. The molecule has 17 heavy (non-hydrogen) atoms. The molecule has 0 fully saturated rings. The third-order valence-corrected chi connectivity index (χ3v) is 2.79. The lowest BCUT2D eigenvalue weighted by Gasteiger charge is -2.05. The van der Waals surface area contributed by atoms with Gasteiger partial charge >= 0.3 is 0 Å². The number of halogens is 3. The fourth-order valence-corrected chi connectivity index (χ4v) is 1.74. The van der Waals surface area contributed by atoms with E-state index in [2.05, 4.69) is 21.2 Å². The third-order valence-electron chi connectivity index (χ3n) is 2.23. The van der Waals surface area contributed by atoms with Crippen LogP contribution < -0.4 is 5.32 Å². The van der Waals surface area contributed by atoms with Crippen LogP contribution in [-0.2, 0) is 11.2 Å². The molecule has 0 aromatic heterocycles. The second-order valence-electron chi connectivity index (χ2n) is 3.67. The predicted molar refractivity (Wildman–Crippen MR) is 66.1 cm³/mol. The van der Waals surface area contributed by atoms with Crippen LogP contribution in [0.1, 0.15) is 18.4 Å². The van der Waals surface area contributed by atoms with Crippen molar-refractivity contribution >= 4 is 21.8 Å². The molecule has 5 heteroatoms. The van der Waals surface area contributed by atoms with E-state index in [1.54, 1.807) is 0 Å². The molecule has 1 amide bonds. The molecule has 0 saturated heterocycles. The van der Waals surface area contributed by atoms with Gasteiger partial charge in [0.25, 0.3) is 0 Å². The molecule has 1 rings (SSSR count). The minimum Gasteiger partial charge on any atom is -0.356 e. The molecule has 0 radical (unpaired) electrons. The normalized spacial score (nSPS) is 10.3. The van der Waals surface area contributed by atoms with Crippen molar-refractivity contribution in [2.24, 2.45) is 0 Å². The third kappa shape index (κ3) is 5.26. The zero-order valence-corrected chi connectivity index (χ0v) is 10.9. The molecule has 0 spiro atoms. The molecule has 94 valence electrons. The van der Waals surface area contributed by atoms with Crippen LogP contribution in [0, 0.1) is 11.6 Å². The first kappa shape index (κ1) is 14.1. The number of benzene rings is 1. The molecule has 0 saturated carbocycles. The molecule has 0 unspecified atom stereocenters. The summed E-state index contributed by atoms with van der Waals surface area (Å²) < 4.78 is 25.5. The zero-order chi connectivity index (χ0) is 12.7. The molecule has 0 bridgehead atoms. The first-order chi connectivity index (χ1) is 8.13. The molecular weight excluding hydrogens is 292 g/mol. The highest BCUT2D eigenvalue weighted by Gasteiger charge is 2.06. The molecule has 1 aromatic rings. The minimum absolute atomic E-state index is 0.0749. The van der Waals surface area contributed by atoms with Crippen molar-refractivity contribution in [1.82, 2.24) is 5.32 Å². The summed E-state index contributed by atoms with van der Waals surface area (Å²) in [6.45, 7) is 0.605. The van der Waals surface area contributed by atoms with E-state index in [4.69, 9.17) is 0 Å². The van der Waals surface area contributed by atoms with Gasteiger partial charge in [-0.25, -0.2) is 8.78 Å². The van der Waals surface area contributed by atoms with Crippen molar-refractivity contribution in [2.45, 2.75) is 19.3 Å². The maximum absolute atomic E-state index is 12.9. The van der Waals surface area contributed by atoms with Gasteiger partial charge in [0, 0.05) is 11.9 Å². The van der Waals surface area contributed by atoms with Crippen LogP contribution in [0.4, 0.5) is 8.78 Å². The van der Waals surface area contributed by atoms with Crippen molar-refractivity contribution in [1.29, 1.82) is 0 Å². The number of rotatable bonds is 6. The zero-order valence-electron chi connectivity index (χ0n) is 9.31. The van der Waals surface area contributed by atoms with Crippen molar-refractivity contribution in [3.63, 3.8) is 0 Å². The molecular formula is C12H14BrF2NO. The largest absolute Gasteiger partial charge is 0.356 e. The Hall–Kier alpha value is -0.970. The summed E-state index contributed by atoms with van der Waals surface area (Å²) in [6.07, 6.45) is 1.96. The molecule has 0 aliphatic heterocycles. The number of carbonyl (C=O) groups excluding carboxylic acids is 1. The Labute approximate surface area is 108 Å². The lowest BCUT2D eigenvalue weighted by molar-refractivity contribution is -0.120.